The minimum absolute atomic E-state index is 0.0372. The molecule has 2 unspecified atom stereocenters. The second-order valence-corrected chi connectivity index (χ2v) is 7.03. The fourth-order valence-electron chi connectivity index (χ4n) is 3.38. The summed E-state index contributed by atoms with van der Waals surface area (Å²) in [7, 11) is 0. The van der Waals surface area contributed by atoms with Crippen LogP contribution in [0.25, 0.3) is 0 Å². The molecule has 0 aliphatic carbocycles. The van der Waals surface area contributed by atoms with Gasteiger partial charge in [0.1, 0.15) is 5.75 Å². The SMILES string of the molecule is CC12CC(NC(=O)N1CCc1cccs1)c1ccccc1O2. The number of carbonyl (C=O) groups excluding carboxylic acids is 1. The van der Waals surface area contributed by atoms with Crippen LogP contribution in [-0.4, -0.2) is 23.2 Å². The summed E-state index contributed by atoms with van der Waals surface area (Å²) in [6.07, 6.45) is 1.64. The molecule has 4 nitrogen and oxygen atoms in total. The summed E-state index contributed by atoms with van der Waals surface area (Å²) in [5.74, 6) is 0.877. The Morgan fingerprint density at radius 1 is 1.36 bits per heavy atom. The number of thiophene rings is 1. The van der Waals surface area contributed by atoms with Crippen molar-refractivity contribution in [3.63, 3.8) is 0 Å². The number of nitrogens with one attached hydrogen (secondary N) is 1. The molecular formula is C17H18N2O2S. The van der Waals surface area contributed by atoms with Gasteiger partial charge in [0, 0.05) is 23.4 Å². The van der Waals surface area contributed by atoms with Gasteiger partial charge in [-0.05, 0) is 30.9 Å². The van der Waals surface area contributed by atoms with Crippen molar-refractivity contribution in [3.8, 4) is 5.75 Å². The number of ether oxygens (including phenoxy) is 1. The van der Waals surface area contributed by atoms with Crippen LogP contribution < -0.4 is 10.1 Å². The number of urea groups is 1. The number of rotatable bonds is 3. The second-order valence-electron chi connectivity index (χ2n) is 6.00. The molecule has 4 rings (SSSR count). The number of amides is 2. The number of nitrogens with zero attached hydrogens (tertiary/aromatic N) is 1. The molecular weight excluding hydrogens is 296 g/mol. The standard InChI is InChI=1S/C17H18N2O2S/c1-17-11-14(13-6-2-3-7-15(13)21-17)18-16(20)19(17)9-8-12-5-4-10-22-12/h2-7,10,14H,8-9,11H2,1H3,(H,18,20). The smallest absolute Gasteiger partial charge is 0.320 e. The van der Waals surface area contributed by atoms with Gasteiger partial charge in [0.2, 0.25) is 0 Å². The molecule has 0 spiro atoms. The third-order valence-electron chi connectivity index (χ3n) is 4.48. The normalized spacial score (nSPS) is 26.1. The van der Waals surface area contributed by atoms with Gasteiger partial charge in [0.05, 0.1) is 6.04 Å². The Morgan fingerprint density at radius 2 is 2.23 bits per heavy atom. The molecule has 1 aromatic heterocycles. The molecule has 2 atom stereocenters. The molecule has 2 aromatic rings. The lowest BCUT2D eigenvalue weighted by Gasteiger charge is -2.50. The second kappa shape index (κ2) is 5.02. The summed E-state index contributed by atoms with van der Waals surface area (Å²) in [4.78, 5) is 15.6. The molecule has 2 amide bonds. The van der Waals surface area contributed by atoms with Gasteiger partial charge in [0.15, 0.2) is 5.72 Å². The van der Waals surface area contributed by atoms with Gasteiger partial charge in [-0.25, -0.2) is 4.79 Å². The van der Waals surface area contributed by atoms with Crippen LogP contribution in [-0.2, 0) is 6.42 Å². The first-order valence-corrected chi connectivity index (χ1v) is 8.42. The van der Waals surface area contributed by atoms with Crippen molar-refractivity contribution in [3.05, 3.63) is 52.2 Å². The predicted octanol–water partition coefficient (Wildman–Crippen LogP) is 3.56. The average Bonchev–Trinajstić information content (AvgIpc) is 2.99. The van der Waals surface area contributed by atoms with Gasteiger partial charge in [-0.2, -0.15) is 0 Å². The van der Waals surface area contributed by atoms with Crippen LogP contribution in [0.3, 0.4) is 0 Å². The first-order chi connectivity index (χ1) is 10.7. The van der Waals surface area contributed by atoms with Crippen molar-refractivity contribution in [2.45, 2.75) is 31.5 Å². The van der Waals surface area contributed by atoms with Gasteiger partial charge in [0.25, 0.3) is 0 Å². The number of hydrogen-bond acceptors (Lipinski definition) is 3. The molecule has 5 heteroatoms. The first kappa shape index (κ1) is 13.6. The molecule has 1 saturated heterocycles. The van der Waals surface area contributed by atoms with Crippen LogP contribution >= 0.6 is 11.3 Å². The Labute approximate surface area is 133 Å². The fraction of sp³-hybridized carbons (Fsp3) is 0.353. The van der Waals surface area contributed by atoms with E-state index < -0.39 is 5.72 Å². The van der Waals surface area contributed by atoms with Crippen molar-refractivity contribution in [2.75, 3.05) is 6.54 Å². The van der Waals surface area contributed by atoms with Crippen LogP contribution in [0.5, 0.6) is 5.75 Å². The Bertz CT molecular complexity index is 700. The van der Waals surface area contributed by atoms with E-state index >= 15 is 0 Å². The molecule has 1 N–H and O–H groups in total. The molecule has 2 aliphatic heterocycles. The lowest BCUT2D eigenvalue weighted by molar-refractivity contribution is -0.0832. The number of hydrogen-bond donors (Lipinski definition) is 1. The monoisotopic (exact) mass is 314 g/mol. The number of fused-ring (bicyclic) bond motifs is 4. The minimum atomic E-state index is -0.571. The minimum Gasteiger partial charge on any atom is -0.468 e. The predicted molar refractivity (Wildman–Crippen MR) is 86.1 cm³/mol. The highest BCUT2D eigenvalue weighted by atomic mass is 32.1. The number of para-hydroxylation sites is 1. The summed E-state index contributed by atoms with van der Waals surface area (Å²) in [6.45, 7) is 2.68. The summed E-state index contributed by atoms with van der Waals surface area (Å²) >= 11 is 1.72. The van der Waals surface area contributed by atoms with Crippen LogP contribution in [0.1, 0.15) is 29.8 Å². The van der Waals surface area contributed by atoms with E-state index in [1.54, 1.807) is 11.3 Å². The summed E-state index contributed by atoms with van der Waals surface area (Å²) in [5.41, 5.74) is 0.504. The molecule has 0 saturated carbocycles. The molecule has 1 aromatic carbocycles. The largest absolute Gasteiger partial charge is 0.468 e. The first-order valence-electron chi connectivity index (χ1n) is 7.54. The number of benzene rings is 1. The average molecular weight is 314 g/mol. The zero-order valence-corrected chi connectivity index (χ0v) is 13.2. The maximum Gasteiger partial charge on any atom is 0.320 e. The topological polar surface area (TPSA) is 41.6 Å². The van der Waals surface area contributed by atoms with E-state index in [9.17, 15) is 4.79 Å². The zero-order chi connectivity index (χ0) is 15.2. The third kappa shape index (κ3) is 2.16. The third-order valence-corrected chi connectivity index (χ3v) is 5.42. The molecule has 22 heavy (non-hydrogen) atoms. The lowest BCUT2D eigenvalue weighted by atomic mass is 9.90. The quantitative estimate of drug-likeness (QED) is 0.941. The van der Waals surface area contributed by atoms with E-state index in [4.69, 9.17) is 4.74 Å². The summed E-state index contributed by atoms with van der Waals surface area (Å²) in [5, 5.41) is 5.19. The Hall–Kier alpha value is -2.01. The maximum atomic E-state index is 12.5. The van der Waals surface area contributed by atoms with Gasteiger partial charge in [-0.15, -0.1) is 11.3 Å². The van der Waals surface area contributed by atoms with Gasteiger partial charge < -0.3 is 10.1 Å². The molecule has 0 radical (unpaired) electrons. The van der Waals surface area contributed by atoms with E-state index in [0.717, 1.165) is 24.2 Å². The zero-order valence-electron chi connectivity index (χ0n) is 12.4. The van der Waals surface area contributed by atoms with Crippen molar-refractivity contribution in [1.29, 1.82) is 0 Å². The van der Waals surface area contributed by atoms with Crippen molar-refractivity contribution >= 4 is 17.4 Å². The molecule has 1 fully saturated rings. The molecule has 3 heterocycles. The van der Waals surface area contributed by atoms with E-state index in [-0.39, 0.29) is 12.1 Å². The molecule has 114 valence electrons. The van der Waals surface area contributed by atoms with Gasteiger partial charge in [-0.1, -0.05) is 24.3 Å². The Morgan fingerprint density at radius 3 is 3.05 bits per heavy atom. The van der Waals surface area contributed by atoms with E-state index in [1.807, 2.05) is 42.2 Å². The van der Waals surface area contributed by atoms with Crippen molar-refractivity contribution < 1.29 is 9.53 Å². The summed E-state index contributed by atoms with van der Waals surface area (Å²) < 4.78 is 6.21. The number of carbonyl (C=O) groups is 1. The van der Waals surface area contributed by atoms with E-state index in [1.165, 1.54) is 4.88 Å². The Balaban J connectivity index is 1.60. The van der Waals surface area contributed by atoms with Crippen LogP contribution in [0.2, 0.25) is 0 Å². The fourth-order valence-corrected chi connectivity index (χ4v) is 4.08. The highest BCUT2D eigenvalue weighted by molar-refractivity contribution is 7.09. The van der Waals surface area contributed by atoms with Crippen LogP contribution in [0.15, 0.2) is 41.8 Å². The van der Waals surface area contributed by atoms with Gasteiger partial charge in [-0.3, -0.25) is 4.90 Å². The van der Waals surface area contributed by atoms with Crippen LogP contribution in [0.4, 0.5) is 4.79 Å². The molecule has 2 aliphatic rings. The van der Waals surface area contributed by atoms with Crippen molar-refractivity contribution in [1.82, 2.24) is 10.2 Å². The van der Waals surface area contributed by atoms with E-state index in [2.05, 4.69) is 16.8 Å². The summed E-state index contributed by atoms with van der Waals surface area (Å²) in [6, 6.07) is 12.1. The van der Waals surface area contributed by atoms with E-state index in [0.29, 0.717) is 6.54 Å². The van der Waals surface area contributed by atoms with Crippen LogP contribution in [0, 0.1) is 0 Å². The maximum absolute atomic E-state index is 12.5. The highest BCUT2D eigenvalue weighted by Gasteiger charge is 2.48. The van der Waals surface area contributed by atoms with Crippen molar-refractivity contribution in [2.24, 2.45) is 0 Å². The highest BCUT2D eigenvalue weighted by Crippen LogP contribution is 2.43. The molecule has 2 bridgehead atoms. The Kier molecular flexibility index (Phi) is 3.11. The lowest BCUT2D eigenvalue weighted by Crippen LogP contribution is -2.64. The van der Waals surface area contributed by atoms with Gasteiger partial charge >= 0.3 is 6.03 Å².